The predicted octanol–water partition coefficient (Wildman–Crippen LogP) is 4.47. The maximum absolute atomic E-state index is 13.9. The van der Waals surface area contributed by atoms with Crippen LogP contribution in [-0.4, -0.2) is 6.61 Å². The van der Waals surface area contributed by atoms with Crippen molar-refractivity contribution in [3.8, 4) is 5.75 Å². The van der Waals surface area contributed by atoms with Gasteiger partial charge in [0.25, 0.3) is 0 Å². The molecule has 2 aromatic rings. The summed E-state index contributed by atoms with van der Waals surface area (Å²) in [6.07, 6.45) is 0.839. The average molecular weight is 287 g/mol. The normalized spacial score (nSPS) is 12.1. The zero-order chi connectivity index (χ0) is 15.1. The highest BCUT2D eigenvalue weighted by atomic mass is 19.1. The monoisotopic (exact) mass is 287 g/mol. The van der Waals surface area contributed by atoms with E-state index in [9.17, 15) is 4.39 Å². The van der Waals surface area contributed by atoms with Crippen LogP contribution in [0.5, 0.6) is 5.75 Å². The van der Waals surface area contributed by atoms with Gasteiger partial charge in [0.05, 0.1) is 6.61 Å². The molecule has 0 aliphatic rings. The topological polar surface area (TPSA) is 21.3 Å². The maximum Gasteiger partial charge on any atom is 0.127 e. The first-order chi connectivity index (χ1) is 10.2. The van der Waals surface area contributed by atoms with Gasteiger partial charge >= 0.3 is 0 Å². The highest BCUT2D eigenvalue weighted by Gasteiger charge is 2.12. The minimum atomic E-state index is -0.153. The summed E-state index contributed by atoms with van der Waals surface area (Å²) >= 11 is 0. The van der Waals surface area contributed by atoms with Gasteiger partial charge in [0.2, 0.25) is 0 Å². The first kappa shape index (κ1) is 15.5. The number of hydrogen-bond acceptors (Lipinski definition) is 2. The van der Waals surface area contributed by atoms with Crippen molar-refractivity contribution >= 4 is 0 Å². The van der Waals surface area contributed by atoms with E-state index in [1.807, 2.05) is 43.3 Å². The second-order valence-electron chi connectivity index (χ2n) is 4.94. The molecule has 2 aromatic carbocycles. The molecule has 0 aliphatic carbocycles. The van der Waals surface area contributed by atoms with Crippen LogP contribution >= 0.6 is 0 Å². The quantitative estimate of drug-likeness (QED) is 0.811. The number of rotatable bonds is 7. The van der Waals surface area contributed by atoms with E-state index in [0.29, 0.717) is 13.2 Å². The number of nitrogens with one attached hydrogen (secondary N) is 1. The molecular weight excluding hydrogens is 265 g/mol. The van der Waals surface area contributed by atoms with Crippen molar-refractivity contribution in [2.45, 2.75) is 32.9 Å². The third-order valence-electron chi connectivity index (χ3n) is 3.45. The number of ether oxygens (including phenoxy) is 1. The van der Waals surface area contributed by atoms with E-state index in [-0.39, 0.29) is 11.9 Å². The molecule has 2 nitrogen and oxygen atoms in total. The van der Waals surface area contributed by atoms with Gasteiger partial charge in [0, 0.05) is 18.2 Å². The van der Waals surface area contributed by atoms with Crippen LogP contribution in [0.15, 0.2) is 48.5 Å². The Morgan fingerprint density at radius 1 is 1.10 bits per heavy atom. The van der Waals surface area contributed by atoms with Gasteiger partial charge in [-0.1, -0.05) is 37.3 Å². The zero-order valence-corrected chi connectivity index (χ0v) is 12.6. The molecule has 0 aromatic heterocycles. The highest BCUT2D eigenvalue weighted by Crippen LogP contribution is 2.21. The van der Waals surface area contributed by atoms with E-state index < -0.39 is 0 Å². The first-order valence-electron chi connectivity index (χ1n) is 7.44. The van der Waals surface area contributed by atoms with Crippen LogP contribution in [-0.2, 0) is 6.54 Å². The van der Waals surface area contributed by atoms with Crippen LogP contribution in [0.25, 0.3) is 0 Å². The van der Waals surface area contributed by atoms with Gasteiger partial charge in [-0.25, -0.2) is 4.39 Å². The molecule has 112 valence electrons. The Morgan fingerprint density at radius 3 is 2.62 bits per heavy atom. The van der Waals surface area contributed by atoms with E-state index in [0.717, 1.165) is 23.3 Å². The van der Waals surface area contributed by atoms with Crippen molar-refractivity contribution in [3.05, 3.63) is 65.5 Å². The van der Waals surface area contributed by atoms with E-state index in [2.05, 4.69) is 12.2 Å². The highest BCUT2D eigenvalue weighted by molar-refractivity contribution is 5.29. The Labute approximate surface area is 126 Å². The second-order valence-corrected chi connectivity index (χ2v) is 4.94. The predicted molar refractivity (Wildman–Crippen MR) is 83.9 cm³/mol. The number of halogens is 1. The van der Waals surface area contributed by atoms with Crippen LogP contribution in [0.1, 0.15) is 37.4 Å². The molecule has 0 saturated heterocycles. The van der Waals surface area contributed by atoms with Crippen molar-refractivity contribution in [1.29, 1.82) is 0 Å². The fourth-order valence-corrected chi connectivity index (χ4v) is 2.38. The largest absolute Gasteiger partial charge is 0.494 e. The summed E-state index contributed by atoms with van der Waals surface area (Å²) in [6.45, 7) is 5.37. The molecule has 21 heavy (non-hydrogen) atoms. The second kappa shape index (κ2) is 7.79. The minimum Gasteiger partial charge on any atom is -0.494 e. The molecule has 0 amide bonds. The van der Waals surface area contributed by atoms with E-state index >= 15 is 0 Å². The Balaban J connectivity index is 2.03. The zero-order valence-electron chi connectivity index (χ0n) is 12.6. The Morgan fingerprint density at radius 2 is 1.90 bits per heavy atom. The van der Waals surface area contributed by atoms with Crippen molar-refractivity contribution in [2.75, 3.05) is 6.61 Å². The van der Waals surface area contributed by atoms with Gasteiger partial charge in [0.1, 0.15) is 11.6 Å². The summed E-state index contributed by atoms with van der Waals surface area (Å²) < 4.78 is 19.4. The van der Waals surface area contributed by atoms with Gasteiger partial charge in [-0.05, 0) is 37.1 Å². The smallest absolute Gasteiger partial charge is 0.127 e. The maximum atomic E-state index is 13.9. The molecule has 0 heterocycles. The van der Waals surface area contributed by atoms with Gasteiger partial charge in [-0.15, -0.1) is 0 Å². The summed E-state index contributed by atoms with van der Waals surface area (Å²) in [7, 11) is 0. The Bertz CT molecular complexity index is 571. The molecule has 1 atom stereocenters. The Hall–Kier alpha value is -1.87. The van der Waals surface area contributed by atoms with Crippen LogP contribution in [0.3, 0.4) is 0 Å². The van der Waals surface area contributed by atoms with Gasteiger partial charge in [-0.3, -0.25) is 0 Å². The lowest BCUT2D eigenvalue weighted by Crippen LogP contribution is -2.21. The lowest BCUT2D eigenvalue weighted by atomic mass is 10.0. The van der Waals surface area contributed by atoms with Gasteiger partial charge < -0.3 is 10.1 Å². The molecule has 0 aliphatic heterocycles. The van der Waals surface area contributed by atoms with Gasteiger partial charge in [0.15, 0.2) is 0 Å². The lowest BCUT2D eigenvalue weighted by molar-refractivity contribution is 0.339. The number of hydrogen-bond donors (Lipinski definition) is 1. The molecule has 0 saturated carbocycles. The molecule has 0 bridgehead atoms. The van der Waals surface area contributed by atoms with Crippen LogP contribution in [0.4, 0.5) is 4.39 Å². The van der Waals surface area contributed by atoms with Crippen LogP contribution in [0.2, 0.25) is 0 Å². The third kappa shape index (κ3) is 4.30. The van der Waals surface area contributed by atoms with Gasteiger partial charge in [-0.2, -0.15) is 0 Å². The molecule has 3 heteroatoms. The summed E-state index contributed by atoms with van der Waals surface area (Å²) in [5, 5.41) is 3.42. The molecule has 2 rings (SSSR count). The van der Waals surface area contributed by atoms with E-state index in [4.69, 9.17) is 4.74 Å². The average Bonchev–Trinajstić information content (AvgIpc) is 2.50. The van der Waals surface area contributed by atoms with Crippen molar-refractivity contribution in [1.82, 2.24) is 5.32 Å². The fourth-order valence-electron chi connectivity index (χ4n) is 2.38. The summed E-state index contributed by atoms with van der Waals surface area (Å²) in [5.74, 6) is 0.718. The Kier molecular flexibility index (Phi) is 5.76. The molecule has 0 radical (unpaired) electrons. The van der Waals surface area contributed by atoms with Crippen molar-refractivity contribution in [2.24, 2.45) is 0 Å². The van der Waals surface area contributed by atoms with Crippen LogP contribution < -0.4 is 10.1 Å². The standard InChI is InChI=1S/C18H22FNO/c1-3-18(16-10-5-6-11-17(16)19)20-13-14-8-7-9-15(12-14)21-4-2/h5-12,18,20H,3-4,13H2,1-2H3. The molecule has 1 N–H and O–H groups in total. The summed E-state index contributed by atoms with van der Waals surface area (Å²) in [4.78, 5) is 0. The summed E-state index contributed by atoms with van der Waals surface area (Å²) in [6, 6.07) is 14.9. The fraction of sp³-hybridized carbons (Fsp3) is 0.333. The summed E-state index contributed by atoms with van der Waals surface area (Å²) in [5.41, 5.74) is 1.86. The van der Waals surface area contributed by atoms with Crippen molar-refractivity contribution in [3.63, 3.8) is 0 Å². The SMILES string of the molecule is CCOc1cccc(CNC(CC)c2ccccc2F)c1. The molecule has 0 fully saturated rings. The minimum absolute atomic E-state index is 0.0157. The molecular formula is C18H22FNO. The van der Waals surface area contributed by atoms with E-state index in [1.54, 1.807) is 6.07 Å². The van der Waals surface area contributed by atoms with E-state index in [1.165, 1.54) is 6.07 Å². The van der Waals surface area contributed by atoms with Crippen LogP contribution in [0, 0.1) is 5.82 Å². The first-order valence-corrected chi connectivity index (χ1v) is 7.44. The number of benzene rings is 2. The third-order valence-corrected chi connectivity index (χ3v) is 3.45. The molecule has 1 unspecified atom stereocenters. The molecule has 0 spiro atoms. The van der Waals surface area contributed by atoms with Crippen molar-refractivity contribution < 1.29 is 9.13 Å². The lowest BCUT2D eigenvalue weighted by Gasteiger charge is -2.18.